The maximum atomic E-state index is 9.29. The minimum atomic E-state index is -0.170. The Hall–Kier alpha value is -0.631. The van der Waals surface area contributed by atoms with Gasteiger partial charge in [0, 0.05) is 12.1 Å². The maximum Gasteiger partial charge on any atom is 2.00 e. The van der Waals surface area contributed by atoms with Crippen molar-refractivity contribution < 1.29 is 22.2 Å². The fraction of sp³-hybridized carbons (Fsp3) is 0.105. The molecule has 1 aromatic carbocycles. The van der Waals surface area contributed by atoms with Crippen molar-refractivity contribution >= 4 is 6.21 Å². The average molecular weight is 333 g/mol. The first-order chi connectivity index (χ1) is 10.4. The molecule has 0 amide bonds. The van der Waals surface area contributed by atoms with E-state index in [-0.39, 0.29) is 29.7 Å². The van der Waals surface area contributed by atoms with Crippen LogP contribution >= 0.6 is 0 Å². The van der Waals surface area contributed by atoms with Crippen molar-refractivity contribution in [3.8, 4) is 0 Å². The zero-order valence-electron chi connectivity index (χ0n) is 12.2. The van der Waals surface area contributed by atoms with Crippen molar-refractivity contribution in [3.05, 3.63) is 99.6 Å². The number of nitrogens with zero attached hydrogens (tertiary/aromatic N) is 1. The first-order valence-corrected chi connectivity index (χ1v) is 6.97. The van der Waals surface area contributed by atoms with Gasteiger partial charge in [-0.25, -0.2) is 0 Å². The minimum absolute atomic E-state index is 0. The molecule has 3 heteroatoms. The van der Waals surface area contributed by atoms with Gasteiger partial charge < -0.3 is 5.11 Å². The summed E-state index contributed by atoms with van der Waals surface area (Å²) in [6.45, 7) is 0.0290. The predicted molar refractivity (Wildman–Crippen MR) is 86.7 cm³/mol. The van der Waals surface area contributed by atoms with E-state index in [1.54, 1.807) is 6.21 Å². The number of hydrogen-bond acceptors (Lipinski definition) is 2. The predicted octanol–water partition coefficient (Wildman–Crippen LogP) is 3.22. The van der Waals surface area contributed by atoms with Gasteiger partial charge in [0.2, 0.25) is 0 Å². The van der Waals surface area contributed by atoms with E-state index in [2.05, 4.69) is 4.99 Å². The van der Waals surface area contributed by atoms with Gasteiger partial charge in [-0.05, 0) is 63.4 Å². The van der Waals surface area contributed by atoms with Crippen molar-refractivity contribution in [1.29, 1.82) is 0 Å². The van der Waals surface area contributed by atoms with Gasteiger partial charge in [0.15, 0.2) is 0 Å². The zero-order chi connectivity index (χ0) is 14.8. The summed E-state index contributed by atoms with van der Waals surface area (Å²) in [7, 11) is 0. The van der Waals surface area contributed by atoms with Crippen LogP contribution in [0.1, 0.15) is 11.6 Å². The second-order valence-electron chi connectivity index (χ2n) is 4.57. The molecule has 0 bridgehead atoms. The van der Waals surface area contributed by atoms with E-state index in [4.69, 9.17) is 0 Å². The third kappa shape index (κ3) is 7.09. The van der Waals surface area contributed by atoms with Gasteiger partial charge in [-0.1, -0.05) is 30.3 Å². The number of aliphatic hydroxyl groups excluding tert-OH is 1. The fourth-order valence-electron chi connectivity index (χ4n) is 1.89. The third-order valence-electron chi connectivity index (χ3n) is 3.00. The Morgan fingerprint density at radius 1 is 0.864 bits per heavy atom. The molecule has 0 unspecified atom stereocenters. The van der Waals surface area contributed by atoms with Crippen molar-refractivity contribution in [2.24, 2.45) is 4.99 Å². The molecule has 0 heterocycles. The minimum Gasteiger partial charge on any atom is -0.394 e. The van der Waals surface area contributed by atoms with Crippen LogP contribution in [0.2, 0.25) is 0 Å². The van der Waals surface area contributed by atoms with E-state index in [0.717, 1.165) is 11.5 Å². The van der Waals surface area contributed by atoms with Gasteiger partial charge in [-0.2, -0.15) is 0 Å². The molecule has 10 radical (unpaired) electrons. The Morgan fingerprint density at radius 2 is 1.41 bits per heavy atom. The smallest absolute Gasteiger partial charge is 0.394 e. The molecule has 2 aliphatic carbocycles. The summed E-state index contributed by atoms with van der Waals surface area (Å²) in [5.74, 6) is 1.06. The van der Waals surface area contributed by atoms with Crippen LogP contribution in [-0.2, 0) is 17.1 Å². The molecule has 112 valence electrons. The Balaban J connectivity index is 0.000000344. The van der Waals surface area contributed by atoms with Crippen LogP contribution in [0.4, 0.5) is 0 Å². The Bertz CT molecular complexity index is 390. The standard InChI is InChI=1S/C14H14NO.C5H5.Fe/c16-11-14(13-8-2-1-3-9-13)15-10-12-6-4-5-7-12;1-2-4-5-3-1;/h1-10,14,16H,11H2;1-5H;/q;;+2/t14-;;/m0../s1. The Labute approximate surface area is 145 Å². The molecule has 2 saturated carbocycles. The van der Waals surface area contributed by atoms with Crippen LogP contribution in [0.15, 0.2) is 35.3 Å². The number of rotatable bonds is 4. The molecule has 2 nitrogen and oxygen atoms in total. The average Bonchev–Trinajstić information content (AvgIpc) is 3.25. The van der Waals surface area contributed by atoms with Crippen LogP contribution in [0.25, 0.3) is 0 Å². The summed E-state index contributed by atoms with van der Waals surface area (Å²) in [6.07, 6.45) is 19.7. The summed E-state index contributed by atoms with van der Waals surface area (Å²) in [5, 5.41) is 9.29. The number of aliphatic hydroxyl groups is 1. The van der Waals surface area contributed by atoms with E-state index in [0.29, 0.717) is 0 Å². The van der Waals surface area contributed by atoms with E-state index in [9.17, 15) is 5.11 Å². The Morgan fingerprint density at radius 3 is 1.91 bits per heavy atom. The molecule has 22 heavy (non-hydrogen) atoms. The molecule has 3 rings (SSSR count). The van der Waals surface area contributed by atoms with Gasteiger partial charge >= 0.3 is 17.1 Å². The molecule has 1 atom stereocenters. The number of hydrogen-bond donors (Lipinski definition) is 1. The summed E-state index contributed by atoms with van der Waals surface area (Å²) in [6, 6.07) is 9.65. The van der Waals surface area contributed by atoms with E-state index < -0.39 is 0 Å². The zero-order valence-corrected chi connectivity index (χ0v) is 13.3. The first kappa shape index (κ1) is 19.4. The van der Waals surface area contributed by atoms with Gasteiger partial charge in [-0.15, -0.1) is 0 Å². The quantitative estimate of drug-likeness (QED) is 0.666. The first-order valence-electron chi connectivity index (χ1n) is 6.97. The van der Waals surface area contributed by atoms with E-state index in [1.807, 2.05) is 88.1 Å². The fourth-order valence-corrected chi connectivity index (χ4v) is 1.89. The van der Waals surface area contributed by atoms with Gasteiger partial charge in [0.25, 0.3) is 0 Å². The second kappa shape index (κ2) is 11.9. The van der Waals surface area contributed by atoms with Crippen LogP contribution in [0.5, 0.6) is 0 Å². The topological polar surface area (TPSA) is 32.6 Å². The van der Waals surface area contributed by atoms with Crippen LogP contribution < -0.4 is 0 Å². The van der Waals surface area contributed by atoms with Crippen molar-refractivity contribution in [3.63, 3.8) is 0 Å². The summed E-state index contributed by atoms with van der Waals surface area (Å²) in [4.78, 5) is 4.38. The normalized spacial score (nSPS) is 19.5. The molecule has 0 aliphatic heterocycles. The van der Waals surface area contributed by atoms with Gasteiger partial charge in [-0.3, -0.25) is 4.99 Å². The molecule has 1 aromatic rings. The second-order valence-corrected chi connectivity index (χ2v) is 4.57. The summed E-state index contributed by atoms with van der Waals surface area (Å²) >= 11 is 0. The van der Waals surface area contributed by atoms with Crippen LogP contribution in [0, 0.1) is 63.7 Å². The summed E-state index contributed by atoms with van der Waals surface area (Å²) < 4.78 is 0. The molecule has 0 saturated heterocycles. The largest absolute Gasteiger partial charge is 2.00 e. The van der Waals surface area contributed by atoms with E-state index in [1.165, 1.54) is 0 Å². The third-order valence-corrected chi connectivity index (χ3v) is 3.00. The molecule has 2 fully saturated rings. The van der Waals surface area contributed by atoms with Gasteiger partial charge in [0.05, 0.1) is 12.6 Å². The monoisotopic (exact) mass is 333 g/mol. The molecule has 0 aromatic heterocycles. The summed E-state index contributed by atoms with van der Waals surface area (Å²) in [5.41, 5.74) is 1.04. The maximum absolute atomic E-state index is 9.29. The van der Waals surface area contributed by atoms with Crippen molar-refractivity contribution in [2.45, 2.75) is 6.04 Å². The van der Waals surface area contributed by atoms with Crippen molar-refractivity contribution in [2.75, 3.05) is 6.61 Å². The number of aliphatic imine (C=N–C) groups is 1. The number of benzene rings is 1. The van der Waals surface area contributed by atoms with Crippen molar-refractivity contribution in [1.82, 2.24) is 0 Å². The van der Waals surface area contributed by atoms with Crippen LogP contribution in [-0.4, -0.2) is 17.9 Å². The SMILES string of the molecule is OC[C@H](N=C[C]1[CH][CH][CH][CH]1)c1ccccc1.[CH]1[CH][CH][CH][CH]1.[Fe+2]. The van der Waals surface area contributed by atoms with Crippen LogP contribution in [0.3, 0.4) is 0 Å². The van der Waals surface area contributed by atoms with Gasteiger partial charge in [0.1, 0.15) is 0 Å². The molecular weight excluding hydrogens is 314 g/mol. The Kier molecular flexibility index (Phi) is 10.5. The molecule has 1 N–H and O–H groups in total. The van der Waals surface area contributed by atoms with E-state index >= 15 is 0 Å². The molecule has 0 spiro atoms. The molecule has 2 aliphatic rings. The molecular formula is C19H19FeNO+2.